The zero-order chi connectivity index (χ0) is 13.1. The van der Waals surface area contributed by atoms with Gasteiger partial charge in [0.25, 0.3) is 0 Å². The molecule has 1 aromatic rings. The smallest absolute Gasteiger partial charge is 0.233 e. The van der Waals surface area contributed by atoms with Crippen molar-refractivity contribution in [2.24, 2.45) is 0 Å². The van der Waals surface area contributed by atoms with Gasteiger partial charge >= 0.3 is 0 Å². The quantitative estimate of drug-likeness (QED) is 0.850. The molecular weight excluding hydrogens is 246 g/mol. The first-order chi connectivity index (χ1) is 8.56. The molecule has 0 spiro atoms. The minimum absolute atomic E-state index is 0.123. The Hall–Kier alpha value is -1.00. The SMILES string of the molecule is Cc1ccc(C)c(SCC(=O)N2CCC(O)C2)c1. The number of β-amino-alcohol motifs (C(OH)–C–C–N with tert-alkyl or cyclic N) is 1. The summed E-state index contributed by atoms with van der Waals surface area (Å²) >= 11 is 1.58. The van der Waals surface area contributed by atoms with E-state index >= 15 is 0 Å². The van der Waals surface area contributed by atoms with Crippen LogP contribution in [-0.2, 0) is 4.79 Å². The van der Waals surface area contributed by atoms with E-state index in [1.54, 1.807) is 16.7 Å². The normalized spacial score (nSPS) is 19.3. The number of aryl methyl sites for hydroxylation is 2. The summed E-state index contributed by atoms with van der Waals surface area (Å²) in [5.41, 5.74) is 2.42. The first-order valence-corrected chi connectivity index (χ1v) is 7.20. The zero-order valence-corrected chi connectivity index (χ0v) is 11.7. The fourth-order valence-electron chi connectivity index (χ4n) is 2.06. The lowest BCUT2D eigenvalue weighted by atomic mass is 10.2. The minimum atomic E-state index is -0.334. The molecule has 0 saturated carbocycles. The Bertz CT molecular complexity index is 447. The van der Waals surface area contributed by atoms with Crippen LogP contribution in [-0.4, -0.2) is 40.9 Å². The lowest BCUT2D eigenvalue weighted by molar-refractivity contribution is -0.127. The fraction of sp³-hybridized carbons (Fsp3) is 0.500. The Labute approximate surface area is 112 Å². The molecule has 0 radical (unpaired) electrons. The van der Waals surface area contributed by atoms with Crippen LogP contribution in [0.1, 0.15) is 17.5 Å². The van der Waals surface area contributed by atoms with Crippen molar-refractivity contribution < 1.29 is 9.90 Å². The summed E-state index contributed by atoms with van der Waals surface area (Å²) in [7, 11) is 0. The van der Waals surface area contributed by atoms with Gasteiger partial charge in [0.2, 0.25) is 5.91 Å². The van der Waals surface area contributed by atoms with E-state index in [4.69, 9.17) is 0 Å². The average Bonchev–Trinajstić information content (AvgIpc) is 2.77. The molecule has 1 unspecified atom stereocenters. The van der Waals surface area contributed by atoms with Crippen molar-refractivity contribution in [1.82, 2.24) is 4.90 Å². The molecule has 0 aromatic heterocycles. The average molecular weight is 265 g/mol. The highest BCUT2D eigenvalue weighted by Crippen LogP contribution is 2.24. The maximum absolute atomic E-state index is 12.0. The van der Waals surface area contributed by atoms with Gasteiger partial charge < -0.3 is 10.0 Å². The zero-order valence-electron chi connectivity index (χ0n) is 10.8. The molecule has 3 nitrogen and oxygen atoms in total. The number of carbonyl (C=O) groups excluding carboxylic acids is 1. The summed E-state index contributed by atoms with van der Waals surface area (Å²) < 4.78 is 0. The van der Waals surface area contributed by atoms with E-state index in [9.17, 15) is 9.90 Å². The highest BCUT2D eigenvalue weighted by molar-refractivity contribution is 8.00. The number of hydrogen-bond donors (Lipinski definition) is 1. The van der Waals surface area contributed by atoms with Gasteiger partial charge in [-0.25, -0.2) is 0 Å². The standard InChI is InChI=1S/C14H19NO2S/c1-10-3-4-11(2)13(7-10)18-9-14(17)15-6-5-12(16)8-15/h3-4,7,12,16H,5-6,8-9H2,1-2H3. The second-order valence-electron chi connectivity index (χ2n) is 4.84. The van der Waals surface area contributed by atoms with Crippen molar-refractivity contribution in [3.63, 3.8) is 0 Å². The molecule has 98 valence electrons. The van der Waals surface area contributed by atoms with Gasteiger partial charge in [-0.05, 0) is 31.9 Å². The van der Waals surface area contributed by atoms with E-state index in [0.29, 0.717) is 25.3 Å². The van der Waals surface area contributed by atoms with Crippen molar-refractivity contribution in [3.8, 4) is 0 Å². The number of hydrogen-bond acceptors (Lipinski definition) is 3. The third kappa shape index (κ3) is 3.27. The van der Waals surface area contributed by atoms with Gasteiger partial charge in [-0.2, -0.15) is 0 Å². The van der Waals surface area contributed by atoms with Crippen LogP contribution in [0.4, 0.5) is 0 Å². The van der Waals surface area contributed by atoms with E-state index in [1.165, 1.54) is 16.0 Å². The van der Waals surface area contributed by atoms with Crippen molar-refractivity contribution in [3.05, 3.63) is 29.3 Å². The van der Waals surface area contributed by atoms with Gasteiger partial charge in [0.1, 0.15) is 0 Å². The van der Waals surface area contributed by atoms with Gasteiger partial charge in [-0.1, -0.05) is 17.7 Å². The molecule has 2 rings (SSSR count). The molecule has 1 aromatic carbocycles. The highest BCUT2D eigenvalue weighted by atomic mass is 32.2. The van der Waals surface area contributed by atoms with Gasteiger partial charge in [-0.3, -0.25) is 4.79 Å². The first-order valence-electron chi connectivity index (χ1n) is 6.22. The van der Waals surface area contributed by atoms with Crippen LogP contribution >= 0.6 is 11.8 Å². The number of likely N-dealkylation sites (tertiary alicyclic amines) is 1. The maximum Gasteiger partial charge on any atom is 0.233 e. The summed E-state index contributed by atoms with van der Waals surface area (Å²) in [6, 6.07) is 6.28. The predicted molar refractivity (Wildman–Crippen MR) is 73.8 cm³/mol. The van der Waals surface area contributed by atoms with Crippen LogP contribution in [0.2, 0.25) is 0 Å². The van der Waals surface area contributed by atoms with Crippen LogP contribution in [0.15, 0.2) is 23.1 Å². The van der Waals surface area contributed by atoms with Crippen LogP contribution in [0.5, 0.6) is 0 Å². The number of carbonyl (C=O) groups is 1. The molecular formula is C14H19NO2S. The van der Waals surface area contributed by atoms with Crippen molar-refractivity contribution in [2.45, 2.75) is 31.3 Å². The minimum Gasteiger partial charge on any atom is -0.391 e. The fourth-order valence-corrected chi connectivity index (χ4v) is 3.09. The molecule has 1 N–H and O–H groups in total. The highest BCUT2D eigenvalue weighted by Gasteiger charge is 2.24. The molecule has 4 heteroatoms. The molecule has 1 aliphatic heterocycles. The molecule has 1 saturated heterocycles. The van der Waals surface area contributed by atoms with Crippen molar-refractivity contribution >= 4 is 17.7 Å². The van der Waals surface area contributed by atoms with E-state index < -0.39 is 0 Å². The maximum atomic E-state index is 12.0. The largest absolute Gasteiger partial charge is 0.391 e. The summed E-state index contributed by atoms with van der Waals surface area (Å²) in [6.45, 7) is 5.30. The third-order valence-electron chi connectivity index (χ3n) is 3.21. The number of amides is 1. The van der Waals surface area contributed by atoms with Crippen molar-refractivity contribution in [1.29, 1.82) is 0 Å². The molecule has 1 amide bonds. The number of benzene rings is 1. The van der Waals surface area contributed by atoms with Crippen molar-refractivity contribution in [2.75, 3.05) is 18.8 Å². The number of rotatable bonds is 3. The lowest BCUT2D eigenvalue weighted by Gasteiger charge is -2.15. The second-order valence-corrected chi connectivity index (χ2v) is 5.86. The monoisotopic (exact) mass is 265 g/mol. The van der Waals surface area contributed by atoms with E-state index in [-0.39, 0.29) is 12.0 Å². The van der Waals surface area contributed by atoms with E-state index in [1.807, 2.05) is 0 Å². The van der Waals surface area contributed by atoms with E-state index in [0.717, 1.165) is 0 Å². The Morgan fingerprint density at radius 1 is 1.50 bits per heavy atom. The Balaban J connectivity index is 1.91. The molecule has 1 aliphatic rings. The Kier molecular flexibility index (Phi) is 4.30. The van der Waals surface area contributed by atoms with Gasteiger partial charge in [0, 0.05) is 18.0 Å². The van der Waals surface area contributed by atoms with E-state index in [2.05, 4.69) is 32.0 Å². The topological polar surface area (TPSA) is 40.5 Å². The number of nitrogens with zero attached hydrogens (tertiary/aromatic N) is 1. The molecule has 0 bridgehead atoms. The lowest BCUT2D eigenvalue weighted by Crippen LogP contribution is -2.30. The van der Waals surface area contributed by atoms with Gasteiger partial charge in [0.05, 0.1) is 11.9 Å². The molecule has 1 heterocycles. The predicted octanol–water partition coefficient (Wildman–Crippen LogP) is 1.99. The summed E-state index contributed by atoms with van der Waals surface area (Å²) in [4.78, 5) is 14.9. The molecule has 1 atom stereocenters. The van der Waals surface area contributed by atoms with Crippen LogP contribution < -0.4 is 0 Å². The summed E-state index contributed by atoms with van der Waals surface area (Å²) in [5.74, 6) is 0.578. The molecule has 1 fully saturated rings. The molecule has 18 heavy (non-hydrogen) atoms. The first kappa shape index (κ1) is 13.4. The van der Waals surface area contributed by atoms with Gasteiger partial charge in [0.15, 0.2) is 0 Å². The summed E-state index contributed by atoms with van der Waals surface area (Å²) in [6.07, 6.45) is 0.375. The number of aliphatic hydroxyl groups is 1. The molecule has 0 aliphatic carbocycles. The summed E-state index contributed by atoms with van der Waals surface area (Å²) in [5, 5.41) is 9.41. The van der Waals surface area contributed by atoms with Crippen LogP contribution in [0, 0.1) is 13.8 Å². The third-order valence-corrected chi connectivity index (χ3v) is 4.35. The Morgan fingerprint density at radius 2 is 2.28 bits per heavy atom. The van der Waals surface area contributed by atoms with Crippen LogP contribution in [0.3, 0.4) is 0 Å². The van der Waals surface area contributed by atoms with Gasteiger partial charge in [-0.15, -0.1) is 11.8 Å². The van der Waals surface area contributed by atoms with Crippen LogP contribution in [0.25, 0.3) is 0 Å². The Morgan fingerprint density at radius 3 is 2.94 bits per heavy atom. The second kappa shape index (κ2) is 5.76. The number of aliphatic hydroxyl groups excluding tert-OH is 1. The number of thioether (sulfide) groups is 1.